The van der Waals surface area contributed by atoms with Crippen LogP contribution in [0.1, 0.15) is 12.8 Å². The molecule has 40 heavy (non-hydrogen) atoms. The Kier molecular flexibility index (Phi) is 9.75. The van der Waals surface area contributed by atoms with Crippen molar-refractivity contribution in [1.82, 2.24) is 0 Å². The standard InChI is InChI=1S/C32H34F6P2/c33-31(34,35)25-39(27-15-5-1-6-16-27,28-17-7-2-8-18-28)23-13-14-24-40(26-32(36,37)38,29-19-9-3-10-20-29)30-21-11-4-12-22-30/h1-12,15-22,39-40H,13-14,23-26H2. The maximum atomic E-state index is 14.2. The molecule has 4 aromatic carbocycles. The van der Waals surface area contributed by atoms with E-state index in [9.17, 15) is 26.3 Å². The third-order valence-electron chi connectivity index (χ3n) is 7.77. The first-order valence-corrected chi connectivity index (χ1v) is 18.2. The van der Waals surface area contributed by atoms with Gasteiger partial charge in [0.05, 0.1) is 0 Å². The first kappa shape index (κ1) is 30.3. The summed E-state index contributed by atoms with van der Waals surface area (Å²) < 4.78 is 85.0. The Morgan fingerprint density at radius 2 is 0.600 bits per heavy atom. The van der Waals surface area contributed by atoms with Gasteiger partial charge in [0.1, 0.15) is 0 Å². The number of rotatable bonds is 11. The Labute approximate surface area is 233 Å². The van der Waals surface area contributed by atoms with Crippen LogP contribution in [0.2, 0.25) is 0 Å². The van der Waals surface area contributed by atoms with Gasteiger partial charge in [0.25, 0.3) is 0 Å². The molecule has 0 aliphatic rings. The van der Waals surface area contributed by atoms with Crippen molar-refractivity contribution >= 4 is 35.7 Å². The molecule has 214 valence electrons. The van der Waals surface area contributed by atoms with Crippen LogP contribution >= 0.6 is 14.5 Å². The second kappa shape index (κ2) is 12.9. The van der Waals surface area contributed by atoms with Crippen molar-refractivity contribution in [3.8, 4) is 0 Å². The van der Waals surface area contributed by atoms with Gasteiger partial charge in [-0.2, -0.15) is 0 Å². The average Bonchev–Trinajstić information content (AvgIpc) is 2.94. The predicted octanol–water partition coefficient (Wildman–Crippen LogP) is 7.69. The minimum atomic E-state index is -4.37. The quantitative estimate of drug-likeness (QED) is 0.0949. The van der Waals surface area contributed by atoms with Crippen molar-refractivity contribution in [3.05, 3.63) is 121 Å². The first-order chi connectivity index (χ1) is 19.0. The van der Waals surface area contributed by atoms with Crippen molar-refractivity contribution in [2.75, 3.05) is 24.6 Å². The van der Waals surface area contributed by atoms with Gasteiger partial charge in [-0.3, -0.25) is 0 Å². The molecule has 0 saturated heterocycles. The van der Waals surface area contributed by atoms with Crippen LogP contribution in [0.15, 0.2) is 121 Å². The van der Waals surface area contributed by atoms with Crippen LogP contribution in [0.4, 0.5) is 26.3 Å². The average molecular weight is 595 g/mol. The molecule has 0 unspecified atom stereocenters. The zero-order valence-electron chi connectivity index (χ0n) is 22.1. The first-order valence-electron chi connectivity index (χ1n) is 13.4. The summed E-state index contributed by atoms with van der Waals surface area (Å²) in [5.41, 5.74) is 0. The SMILES string of the molecule is FC(F)(F)C[PH](CCCC[PH](CC(F)(F)F)(c1ccccc1)c1ccccc1)(c1ccccc1)c1ccccc1. The van der Waals surface area contributed by atoms with Crippen LogP contribution in [0.3, 0.4) is 0 Å². The van der Waals surface area contributed by atoms with E-state index < -0.39 is 39.2 Å². The van der Waals surface area contributed by atoms with Gasteiger partial charge in [0.2, 0.25) is 0 Å². The molecule has 0 heterocycles. The molecule has 0 N–H and O–H groups in total. The van der Waals surface area contributed by atoms with Crippen LogP contribution in [-0.2, 0) is 0 Å². The van der Waals surface area contributed by atoms with Gasteiger partial charge >= 0.3 is 233 Å². The van der Waals surface area contributed by atoms with E-state index in [1.165, 1.54) is 0 Å². The Morgan fingerprint density at radius 3 is 0.800 bits per heavy atom. The van der Waals surface area contributed by atoms with E-state index in [0.717, 1.165) is 0 Å². The fourth-order valence-corrected chi connectivity index (χ4v) is 15.5. The van der Waals surface area contributed by atoms with E-state index in [1.807, 2.05) is 0 Å². The minimum absolute atomic E-state index is 0.306. The Bertz CT molecular complexity index is 1120. The summed E-state index contributed by atoms with van der Waals surface area (Å²) in [4.78, 5) is 0. The summed E-state index contributed by atoms with van der Waals surface area (Å²) in [6, 6.07) is 35.5. The summed E-state index contributed by atoms with van der Waals surface area (Å²) in [7, 11) is -6.63. The molecule has 0 nitrogen and oxygen atoms in total. The van der Waals surface area contributed by atoms with E-state index in [0.29, 0.717) is 46.4 Å². The third-order valence-corrected chi connectivity index (χ3v) is 17.9. The fourth-order valence-electron chi connectivity index (χ4n) is 6.06. The van der Waals surface area contributed by atoms with Crippen molar-refractivity contribution in [1.29, 1.82) is 0 Å². The van der Waals surface area contributed by atoms with E-state index in [-0.39, 0.29) is 0 Å². The van der Waals surface area contributed by atoms with Gasteiger partial charge in [-0.15, -0.1) is 0 Å². The van der Waals surface area contributed by atoms with Gasteiger partial charge in [0, 0.05) is 0 Å². The summed E-state index contributed by atoms with van der Waals surface area (Å²) >= 11 is 0. The van der Waals surface area contributed by atoms with Gasteiger partial charge < -0.3 is 0 Å². The van der Waals surface area contributed by atoms with Gasteiger partial charge in [-0.05, 0) is 0 Å². The summed E-state index contributed by atoms with van der Waals surface area (Å²) in [6.07, 6.45) is -9.12. The second-order valence-corrected chi connectivity index (χ2v) is 18.8. The van der Waals surface area contributed by atoms with Crippen molar-refractivity contribution in [2.24, 2.45) is 0 Å². The summed E-state index contributed by atoms with van der Waals surface area (Å²) in [6.45, 7) is 0. The number of hydrogen-bond donors (Lipinski definition) is 0. The monoisotopic (exact) mass is 594 g/mol. The molecular weight excluding hydrogens is 560 g/mol. The normalized spacial score (nSPS) is 13.7. The maximum absolute atomic E-state index is 14.2. The molecule has 0 aromatic heterocycles. The van der Waals surface area contributed by atoms with Crippen molar-refractivity contribution in [3.63, 3.8) is 0 Å². The van der Waals surface area contributed by atoms with E-state index in [1.54, 1.807) is 121 Å². The van der Waals surface area contributed by atoms with Gasteiger partial charge in [-0.1, -0.05) is 0 Å². The van der Waals surface area contributed by atoms with Crippen LogP contribution in [-0.4, -0.2) is 37.0 Å². The molecule has 0 atom stereocenters. The Morgan fingerprint density at radius 1 is 0.375 bits per heavy atom. The Hall–Kier alpha value is -2.68. The van der Waals surface area contributed by atoms with E-state index in [4.69, 9.17) is 0 Å². The summed E-state index contributed by atoms with van der Waals surface area (Å²) in [5, 5.41) is 2.79. The Balaban J connectivity index is 1.71. The fraction of sp³-hybridized carbons (Fsp3) is 0.250. The molecule has 0 radical (unpaired) electrons. The number of halogens is 6. The van der Waals surface area contributed by atoms with Crippen molar-refractivity contribution in [2.45, 2.75) is 25.2 Å². The molecular formula is C32H34F6P2. The third kappa shape index (κ3) is 7.53. The van der Waals surface area contributed by atoms with E-state index >= 15 is 0 Å². The molecule has 0 saturated carbocycles. The van der Waals surface area contributed by atoms with Crippen LogP contribution in [0.5, 0.6) is 0 Å². The second-order valence-electron chi connectivity index (χ2n) is 10.4. The van der Waals surface area contributed by atoms with Crippen LogP contribution in [0.25, 0.3) is 0 Å². The molecule has 0 aliphatic carbocycles. The number of alkyl halides is 6. The summed E-state index contributed by atoms with van der Waals surface area (Å²) in [5.74, 6) is 0. The van der Waals surface area contributed by atoms with Gasteiger partial charge in [-0.25, -0.2) is 0 Å². The zero-order chi connectivity index (χ0) is 28.7. The van der Waals surface area contributed by atoms with E-state index in [2.05, 4.69) is 0 Å². The van der Waals surface area contributed by atoms with Crippen LogP contribution in [0, 0.1) is 0 Å². The predicted molar refractivity (Wildman–Crippen MR) is 162 cm³/mol. The molecule has 0 aliphatic heterocycles. The number of unbranched alkanes of at least 4 members (excludes halogenated alkanes) is 1. The van der Waals surface area contributed by atoms with Crippen molar-refractivity contribution < 1.29 is 26.3 Å². The number of benzene rings is 4. The molecule has 0 bridgehead atoms. The number of hydrogen-bond acceptors (Lipinski definition) is 0. The molecule has 0 amide bonds. The molecule has 4 aromatic rings. The molecule has 0 spiro atoms. The topological polar surface area (TPSA) is 0 Å². The molecule has 8 heteroatoms. The van der Waals surface area contributed by atoms with Crippen LogP contribution < -0.4 is 21.2 Å². The molecule has 0 fully saturated rings. The zero-order valence-corrected chi connectivity index (χ0v) is 24.1. The van der Waals surface area contributed by atoms with Gasteiger partial charge in [0.15, 0.2) is 0 Å². The molecule has 4 rings (SSSR count).